The molecule has 1 rings (SSSR count). The van der Waals surface area contributed by atoms with Gasteiger partial charge in [0.25, 0.3) is 0 Å². The Balaban J connectivity index is 2.63. The van der Waals surface area contributed by atoms with Crippen molar-refractivity contribution in [3.8, 4) is 5.75 Å². The van der Waals surface area contributed by atoms with Crippen molar-refractivity contribution in [2.75, 3.05) is 12.4 Å². The van der Waals surface area contributed by atoms with Gasteiger partial charge in [0.05, 0.1) is 6.61 Å². The molecular weight excluding hydrogens is 308 g/mol. The molecule has 1 nitrogen and oxygen atoms in total. The fourth-order valence-corrected chi connectivity index (χ4v) is 2.97. The highest BCUT2D eigenvalue weighted by atomic mass is 79.9. The van der Waals surface area contributed by atoms with Gasteiger partial charge in [-0.25, -0.2) is 0 Å². The minimum absolute atomic E-state index is 0.222. The number of thiol groups is 1. The van der Waals surface area contributed by atoms with Gasteiger partial charge in [-0.05, 0) is 42.9 Å². The van der Waals surface area contributed by atoms with E-state index in [9.17, 15) is 0 Å². The van der Waals surface area contributed by atoms with Gasteiger partial charge in [-0.3, -0.25) is 0 Å². The summed E-state index contributed by atoms with van der Waals surface area (Å²) in [7, 11) is 0. The number of hydrogen-bond donors (Lipinski definition) is 1. The topological polar surface area (TPSA) is 9.23 Å². The summed E-state index contributed by atoms with van der Waals surface area (Å²) in [4.78, 5) is 0. The van der Waals surface area contributed by atoms with Gasteiger partial charge in [0.15, 0.2) is 0 Å². The molecule has 0 N–H and O–H groups in total. The maximum Gasteiger partial charge on any atom is 0.119 e. The predicted molar refractivity (Wildman–Crippen MR) is 85.7 cm³/mol. The van der Waals surface area contributed by atoms with Crippen LogP contribution in [0.4, 0.5) is 0 Å². The fourth-order valence-electron chi connectivity index (χ4n) is 2.30. The van der Waals surface area contributed by atoms with E-state index in [1.807, 2.05) is 24.3 Å². The van der Waals surface area contributed by atoms with E-state index in [0.717, 1.165) is 22.6 Å². The zero-order valence-corrected chi connectivity index (χ0v) is 13.8. The Kier molecular flexibility index (Phi) is 7.16. The number of hydrogen-bond acceptors (Lipinski definition) is 2. The zero-order chi connectivity index (χ0) is 13.4. The second-order valence-electron chi connectivity index (χ2n) is 4.90. The Morgan fingerprint density at radius 2 is 1.67 bits per heavy atom. The molecule has 3 heteroatoms. The van der Waals surface area contributed by atoms with Crippen LogP contribution in [-0.2, 0) is 0 Å². The lowest BCUT2D eigenvalue weighted by Gasteiger charge is -2.31. The summed E-state index contributed by atoms with van der Waals surface area (Å²) in [5.41, 5.74) is 0.222. The number of rotatable bonds is 8. The maximum absolute atomic E-state index is 5.95. The van der Waals surface area contributed by atoms with E-state index in [0.29, 0.717) is 0 Å². The van der Waals surface area contributed by atoms with Crippen LogP contribution >= 0.6 is 28.6 Å². The minimum atomic E-state index is 0.222. The van der Waals surface area contributed by atoms with Crippen LogP contribution in [0.3, 0.4) is 0 Å². The molecule has 0 unspecified atom stereocenters. The second kappa shape index (κ2) is 8.11. The summed E-state index contributed by atoms with van der Waals surface area (Å²) in [5, 5.41) is 0. The molecule has 0 heterocycles. The van der Waals surface area contributed by atoms with Crippen LogP contribution in [-0.4, -0.2) is 12.4 Å². The van der Waals surface area contributed by atoms with E-state index in [1.54, 1.807) is 0 Å². The zero-order valence-electron chi connectivity index (χ0n) is 11.3. The Morgan fingerprint density at radius 1 is 1.11 bits per heavy atom. The van der Waals surface area contributed by atoms with Crippen molar-refractivity contribution < 1.29 is 4.74 Å². The molecule has 1 aromatic carbocycles. The number of ether oxygens (including phenoxy) is 1. The summed E-state index contributed by atoms with van der Waals surface area (Å²) >= 11 is 7.98. The van der Waals surface area contributed by atoms with Crippen molar-refractivity contribution >= 4 is 28.6 Å². The first-order valence-corrected chi connectivity index (χ1v) is 8.07. The van der Waals surface area contributed by atoms with Gasteiger partial charge in [0.2, 0.25) is 0 Å². The summed E-state index contributed by atoms with van der Waals surface area (Å²) in [6.07, 6.45) is 4.73. The minimum Gasteiger partial charge on any atom is -0.493 e. The third-order valence-electron chi connectivity index (χ3n) is 3.25. The van der Waals surface area contributed by atoms with E-state index in [1.165, 1.54) is 25.7 Å². The fraction of sp³-hybridized carbons (Fsp3) is 0.600. The highest BCUT2D eigenvalue weighted by molar-refractivity contribution is 9.10. The van der Waals surface area contributed by atoms with Crippen LogP contribution in [0, 0.1) is 5.41 Å². The summed E-state index contributed by atoms with van der Waals surface area (Å²) in [5.74, 6) is 1.84. The van der Waals surface area contributed by atoms with E-state index in [4.69, 9.17) is 4.74 Å². The average molecular weight is 331 g/mol. The average Bonchev–Trinajstić information content (AvgIpc) is 2.38. The molecule has 18 heavy (non-hydrogen) atoms. The molecule has 0 spiro atoms. The molecule has 0 atom stereocenters. The van der Waals surface area contributed by atoms with Crippen molar-refractivity contribution in [3.05, 3.63) is 28.7 Å². The van der Waals surface area contributed by atoms with Crippen molar-refractivity contribution in [3.63, 3.8) is 0 Å². The van der Waals surface area contributed by atoms with Gasteiger partial charge < -0.3 is 4.74 Å². The molecule has 1 aromatic rings. The van der Waals surface area contributed by atoms with Crippen molar-refractivity contribution in [2.45, 2.75) is 39.5 Å². The number of halogens is 1. The van der Waals surface area contributed by atoms with Crippen molar-refractivity contribution in [1.29, 1.82) is 0 Å². The first-order valence-electron chi connectivity index (χ1n) is 6.65. The highest BCUT2D eigenvalue weighted by Gasteiger charge is 2.27. The first-order chi connectivity index (χ1) is 8.65. The Labute approximate surface area is 125 Å². The molecule has 0 saturated heterocycles. The van der Waals surface area contributed by atoms with Crippen molar-refractivity contribution in [2.24, 2.45) is 5.41 Å². The molecule has 0 bridgehead atoms. The molecule has 0 aliphatic heterocycles. The molecule has 0 fully saturated rings. The van der Waals surface area contributed by atoms with Gasteiger partial charge >= 0.3 is 0 Å². The normalized spacial score (nSPS) is 11.6. The summed E-state index contributed by atoms with van der Waals surface area (Å²) in [6.45, 7) is 5.22. The summed E-state index contributed by atoms with van der Waals surface area (Å²) < 4.78 is 7.03. The molecule has 0 aromatic heterocycles. The largest absolute Gasteiger partial charge is 0.493 e. The standard InChI is InChI=1S/C15H23BrOS/c1-3-9-15(12-18,10-4-2)11-17-14-7-5-13(16)6-8-14/h5-8,18H,3-4,9-12H2,1-2H3. The van der Waals surface area contributed by atoms with E-state index >= 15 is 0 Å². The van der Waals surface area contributed by atoms with E-state index in [-0.39, 0.29) is 5.41 Å². The van der Waals surface area contributed by atoms with Crippen LogP contribution in [0.1, 0.15) is 39.5 Å². The summed E-state index contributed by atoms with van der Waals surface area (Å²) in [6, 6.07) is 8.03. The third kappa shape index (κ3) is 4.85. The Bertz CT molecular complexity index is 331. The SMILES string of the molecule is CCCC(CS)(CCC)COc1ccc(Br)cc1. The first kappa shape index (κ1) is 15.9. The Hall–Kier alpha value is -0.150. The van der Waals surface area contributed by atoms with Crippen molar-refractivity contribution in [1.82, 2.24) is 0 Å². The smallest absolute Gasteiger partial charge is 0.119 e. The molecule has 0 saturated carbocycles. The highest BCUT2D eigenvalue weighted by Crippen LogP contribution is 2.32. The number of benzene rings is 1. The lowest BCUT2D eigenvalue weighted by molar-refractivity contribution is 0.143. The van der Waals surface area contributed by atoms with Gasteiger partial charge in [-0.15, -0.1) is 0 Å². The quantitative estimate of drug-likeness (QED) is 0.632. The van der Waals surface area contributed by atoms with Gasteiger partial charge in [0.1, 0.15) is 5.75 Å². The maximum atomic E-state index is 5.95. The molecule has 102 valence electrons. The lowest BCUT2D eigenvalue weighted by Crippen LogP contribution is -2.30. The van der Waals surface area contributed by atoms with E-state index in [2.05, 4.69) is 42.4 Å². The third-order valence-corrected chi connectivity index (χ3v) is 4.45. The monoisotopic (exact) mass is 330 g/mol. The van der Waals surface area contributed by atoms with Crippen LogP contribution in [0.25, 0.3) is 0 Å². The molecule has 0 aliphatic rings. The van der Waals surface area contributed by atoms with Gasteiger partial charge in [-0.2, -0.15) is 12.6 Å². The van der Waals surface area contributed by atoms with Crippen LogP contribution < -0.4 is 4.74 Å². The van der Waals surface area contributed by atoms with Gasteiger partial charge in [-0.1, -0.05) is 42.6 Å². The van der Waals surface area contributed by atoms with Crippen LogP contribution in [0.15, 0.2) is 28.7 Å². The second-order valence-corrected chi connectivity index (χ2v) is 6.13. The molecule has 0 aliphatic carbocycles. The Morgan fingerprint density at radius 3 is 2.11 bits per heavy atom. The predicted octanol–water partition coefficient (Wildman–Crippen LogP) is 5.34. The molecule has 0 amide bonds. The van der Waals surface area contributed by atoms with E-state index < -0.39 is 0 Å². The van der Waals surface area contributed by atoms with Gasteiger partial charge in [0, 0.05) is 9.89 Å². The molecule has 0 radical (unpaired) electrons. The lowest BCUT2D eigenvalue weighted by atomic mass is 9.82. The van der Waals surface area contributed by atoms with Crippen LogP contribution in [0.5, 0.6) is 5.75 Å². The molecular formula is C15H23BrOS. The van der Waals surface area contributed by atoms with Crippen LogP contribution in [0.2, 0.25) is 0 Å².